The minimum Gasteiger partial charge on any atom is -0.458 e. The van der Waals surface area contributed by atoms with Gasteiger partial charge in [0.25, 0.3) is 0 Å². The molecule has 16 nitrogen and oxygen atoms in total. The average Bonchev–Trinajstić information content (AvgIpc) is 3.27. The Labute approximate surface area is 384 Å². The second-order valence-electron chi connectivity index (χ2n) is 17.4. The molecule has 1 N–H and O–H groups in total. The molecule has 0 amide bonds. The number of alkyl halides is 3. The molecule has 67 heavy (non-hydrogen) atoms. The predicted octanol–water partition coefficient (Wildman–Crippen LogP) is 7.32. The van der Waals surface area contributed by atoms with Crippen molar-refractivity contribution in [2.24, 2.45) is 16.7 Å². The highest BCUT2D eigenvalue weighted by atomic mass is 32.2. The minimum atomic E-state index is -6.53. The Kier molecular flexibility index (Phi) is 15.2. The number of carbonyl (C=O) groups is 5. The van der Waals surface area contributed by atoms with Crippen LogP contribution in [0.5, 0.6) is 0 Å². The molecule has 0 bridgehead atoms. The molecule has 0 spiro atoms. The molecule has 3 aromatic rings. The first-order valence-electron chi connectivity index (χ1n) is 21.2. The zero-order valence-electron chi connectivity index (χ0n) is 37.2. The van der Waals surface area contributed by atoms with Crippen LogP contribution in [-0.4, -0.2) is 98.4 Å². The first-order chi connectivity index (χ1) is 31.5. The highest BCUT2D eigenvalue weighted by molar-refractivity contribution is 7.87. The maximum atomic E-state index is 16.1. The first-order valence-corrected chi connectivity index (χ1v) is 22.6. The summed E-state index contributed by atoms with van der Waals surface area (Å²) in [5.41, 5.74) is -11.3. The first kappa shape index (κ1) is 50.6. The Balaban J connectivity index is 1.58. The molecule has 8 atom stereocenters. The summed E-state index contributed by atoms with van der Waals surface area (Å²) in [6, 6.07) is 24.4. The van der Waals surface area contributed by atoms with Gasteiger partial charge < -0.3 is 38.3 Å². The number of carbonyl (C=O) groups excluding carboxylic acids is 5. The van der Waals surface area contributed by atoms with Crippen molar-refractivity contribution >= 4 is 40.2 Å². The number of hydrogen-bond acceptors (Lipinski definition) is 16. The number of benzene rings is 3. The zero-order valence-corrected chi connectivity index (χ0v) is 38.0. The van der Waals surface area contributed by atoms with Crippen molar-refractivity contribution in [3.8, 4) is 0 Å². The van der Waals surface area contributed by atoms with Crippen LogP contribution in [0.2, 0.25) is 0 Å². The molecule has 2 aliphatic carbocycles. The standard InChI is InChI=1S/C47H51F3O16S/c1-28(33(21-22-51)63-42(55)59-25-30-15-9-6-10-16-30)37-38(64-43(56)60-26-31-17-11-7-12-18-31)40(53)45(5)35(66-67(57,58)47(48,49)50)23-36-46(27-61-36,65-29(2)52)39(45)34(24-44(37,3)4)62-41(54)32-19-13-8-14-20-32/h6-20,33-36,38-39,51H,21-27H2,1-5H3/b37-28-/t33?,34?,35?,36?,38?,39?,45-,46?/m1/s1. The number of Topliss-reactive ketones (excluding diaryl/α,β-unsaturated/α-hetero) is 1. The van der Waals surface area contributed by atoms with Crippen molar-refractivity contribution < 1.29 is 88.0 Å². The number of rotatable bonds is 14. The highest BCUT2D eigenvalue weighted by Gasteiger charge is 2.75. The molecule has 2 saturated carbocycles. The number of aliphatic hydroxyl groups excluding tert-OH is 1. The van der Waals surface area contributed by atoms with E-state index < -0.39 is 125 Å². The van der Waals surface area contributed by atoms with Crippen LogP contribution in [-0.2, 0) is 70.3 Å². The lowest BCUT2D eigenvalue weighted by Crippen LogP contribution is -2.78. The van der Waals surface area contributed by atoms with Gasteiger partial charge in [0.1, 0.15) is 31.5 Å². The van der Waals surface area contributed by atoms with Gasteiger partial charge in [0, 0.05) is 26.4 Å². The molecule has 0 radical (unpaired) electrons. The van der Waals surface area contributed by atoms with E-state index in [1.54, 1.807) is 80.6 Å². The normalized spacial score (nSPS) is 26.9. The van der Waals surface area contributed by atoms with Crippen LogP contribution in [0.3, 0.4) is 0 Å². The Bertz CT molecular complexity index is 2430. The Hall–Kier alpha value is -5.83. The number of hydrogen-bond donors (Lipinski definition) is 1. The van der Waals surface area contributed by atoms with E-state index >= 15 is 4.79 Å². The Morgan fingerprint density at radius 3 is 1.90 bits per heavy atom. The summed E-state index contributed by atoms with van der Waals surface area (Å²) >= 11 is 0. The van der Waals surface area contributed by atoms with E-state index in [1.807, 2.05) is 0 Å². The van der Waals surface area contributed by atoms with Gasteiger partial charge in [-0.15, -0.1) is 0 Å². The van der Waals surface area contributed by atoms with Gasteiger partial charge in [0.15, 0.2) is 17.5 Å². The highest BCUT2D eigenvalue weighted by Crippen LogP contribution is 2.61. The lowest BCUT2D eigenvalue weighted by Gasteiger charge is -2.64. The van der Waals surface area contributed by atoms with Crippen LogP contribution in [0, 0.1) is 16.7 Å². The Morgan fingerprint density at radius 1 is 0.836 bits per heavy atom. The molecular weight excluding hydrogens is 910 g/mol. The maximum absolute atomic E-state index is 16.1. The second kappa shape index (κ2) is 20.2. The van der Waals surface area contributed by atoms with Gasteiger partial charge >= 0.3 is 39.9 Å². The van der Waals surface area contributed by atoms with Crippen molar-refractivity contribution in [2.75, 3.05) is 13.2 Å². The van der Waals surface area contributed by atoms with Crippen LogP contribution in [0.1, 0.15) is 75.4 Å². The van der Waals surface area contributed by atoms with E-state index in [0.717, 1.165) is 13.8 Å². The quantitative estimate of drug-likeness (QED) is 0.0551. The van der Waals surface area contributed by atoms with E-state index in [-0.39, 0.29) is 36.3 Å². The van der Waals surface area contributed by atoms with Gasteiger partial charge in [-0.3, -0.25) is 13.8 Å². The number of aliphatic hydroxyl groups is 1. The fraction of sp³-hybridized carbons (Fsp3) is 0.468. The van der Waals surface area contributed by atoms with Gasteiger partial charge in [-0.1, -0.05) is 92.7 Å². The molecule has 0 aromatic heterocycles. The molecule has 3 aliphatic rings. The fourth-order valence-electron chi connectivity index (χ4n) is 9.47. The van der Waals surface area contributed by atoms with E-state index in [0.29, 0.717) is 11.1 Å². The number of fused-ring (bicyclic) bond motifs is 3. The lowest BCUT2D eigenvalue weighted by atomic mass is 9.49. The van der Waals surface area contributed by atoms with Crippen LogP contribution >= 0.6 is 0 Å². The maximum Gasteiger partial charge on any atom is 0.523 e. The van der Waals surface area contributed by atoms with Crippen LogP contribution in [0.15, 0.2) is 102 Å². The molecule has 6 rings (SSSR count). The summed E-state index contributed by atoms with van der Waals surface area (Å²) in [6.07, 6.45) is -13.3. The fourth-order valence-corrected chi connectivity index (χ4v) is 10.2. The van der Waals surface area contributed by atoms with Crippen LogP contribution in [0.4, 0.5) is 22.8 Å². The summed E-state index contributed by atoms with van der Waals surface area (Å²) in [7, 11) is -6.53. The zero-order chi connectivity index (χ0) is 49.0. The van der Waals surface area contributed by atoms with Crippen LogP contribution < -0.4 is 0 Å². The van der Waals surface area contributed by atoms with E-state index in [1.165, 1.54) is 31.2 Å². The van der Waals surface area contributed by atoms with E-state index in [2.05, 4.69) is 0 Å². The lowest BCUT2D eigenvalue weighted by molar-refractivity contribution is -0.329. The predicted molar refractivity (Wildman–Crippen MR) is 227 cm³/mol. The summed E-state index contributed by atoms with van der Waals surface area (Å²) in [6.45, 7) is 4.87. The number of ether oxygens (including phenoxy) is 7. The summed E-state index contributed by atoms with van der Waals surface area (Å²) in [4.78, 5) is 70.4. The average molecular weight is 961 g/mol. The van der Waals surface area contributed by atoms with E-state index in [4.69, 9.17) is 37.3 Å². The van der Waals surface area contributed by atoms with Crippen molar-refractivity contribution in [3.63, 3.8) is 0 Å². The van der Waals surface area contributed by atoms with Crippen molar-refractivity contribution in [1.29, 1.82) is 0 Å². The van der Waals surface area contributed by atoms with Gasteiger partial charge in [-0.25, -0.2) is 14.4 Å². The smallest absolute Gasteiger partial charge is 0.458 e. The molecule has 362 valence electrons. The number of halogens is 3. The van der Waals surface area contributed by atoms with Gasteiger partial charge in [-0.05, 0) is 60.1 Å². The van der Waals surface area contributed by atoms with Crippen molar-refractivity contribution in [1.82, 2.24) is 0 Å². The third-order valence-corrected chi connectivity index (χ3v) is 13.5. The molecule has 3 fully saturated rings. The largest absolute Gasteiger partial charge is 0.523 e. The van der Waals surface area contributed by atoms with Crippen molar-refractivity contribution in [3.05, 3.63) is 119 Å². The topological polar surface area (TPSA) is 214 Å². The number of esters is 2. The summed E-state index contributed by atoms with van der Waals surface area (Å²) in [5.74, 6) is -4.99. The molecule has 1 saturated heterocycles. The summed E-state index contributed by atoms with van der Waals surface area (Å²) < 4.78 is 114. The monoisotopic (exact) mass is 960 g/mol. The second-order valence-corrected chi connectivity index (χ2v) is 18.9. The third-order valence-electron chi connectivity index (χ3n) is 12.4. The van der Waals surface area contributed by atoms with Gasteiger partial charge in [0.05, 0.1) is 29.6 Å². The third kappa shape index (κ3) is 10.8. The minimum absolute atomic E-state index is 0.00124. The Morgan fingerprint density at radius 2 is 1.39 bits per heavy atom. The summed E-state index contributed by atoms with van der Waals surface area (Å²) in [5, 5.41) is 10.3. The SMILES string of the molecule is CC(=O)OC12COC1CC(OS(=O)(=O)C(F)(F)F)[C@@]1(C)C(=O)C(OC(=O)OCc3ccccc3)/C(=C(\C)C(CCO)OC(=O)OCc3ccccc3)C(C)(C)CC(OC(=O)c3ccccc3)C21. The van der Waals surface area contributed by atoms with Crippen LogP contribution in [0.25, 0.3) is 0 Å². The van der Waals surface area contributed by atoms with Crippen molar-refractivity contribution in [2.45, 2.75) is 109 Å². The van der Waals surface area contributed by atoms with Gasteiger partial charge in [0.2, 0.25) is 0 Å². The van der Waals surface area contributed by atoms with E-state index in [9.17, 15) is 45.9 Å². The number of ketones is 1. The molecule has 3 aromatic carbocycles. The molecule has 7 unspecified atom stereocenters. The molecular formula is C47H51F3O16S. The van der Waals surface area contributed by atoms with Gasteiger partial charge in [-0.2, -0.15) is 21.6 Å². The molecule has 20 heteroatoms. The molecule has 1 heterocycles. The molecule has 1 aliphatic heterocycles.